The van der Waals surface area contributed by atoms with E-state index in [1.54, 1.807) is 0 Å². The smallest absolute Gasteiger partial charge is 0.227 e. The fraction of sp³-hybridized carbons (Fsp3) is 0.364. The van der Waals surface area contributed by atoms with E-state index in [4.69, 9.17) is 10.5 Å². The maximum atomic E-state index is 13.2. The number of ether oxygens (including phenoxy) is 1. The number of carbonyl (C=O) groups excluding carboxylic acids is 1. The van der Waals surface area contributed by atoms with Gasteiger partial charge in [-0.2, -0.15) is 0 Å². The van der Waals surface area contributed by atoms with Crippen molar-refractivity contribution in [3.8, 4) is 0 Å². The first-order valence-electron chi connectivity index (χ1n) is 5.15. The van der Waals surface area contributed by atoms with Crippen LogP contribution in [-0.4, -0.2) is 25.7 Å². The van der Waals surface area contributed by atoms with Crippen LogP contribution >= 0.6 is 0 Å². The standard InChI is InChI=1S/C11H13F3N2O2/c1-18-7(5-15)4-10(17)16-9-3-6(12)2-8(13)11(9)14/h2-3,7H,4-5,15H2,1H3,(H,16,17). The fourth-order valence-corrected chi connectivity index (χ4v) is 1.32. The number of carbonyl (C=O) groups is 1. The summed E-state index contributed by atoms with van der Waals surface area (Å²) in [5.41, 5.74) is 4.75. The Hall–Kier alpha value is -1.60. The summed E-state index contributed by atoms with van der Waals surface area (Å²) in [5, 5.41) is 2.06. The van der Waals surface area contributed by atoms with Crippen LogP contribution < -0.4 is 11.1 Å². The second-order valence-electron chi connectivity index (χ2n) is 3.59. The summed E-state index contributed by atoms with van der Waals surface area (Å²) in [4.78, 5) is 11.5. The second-order valence-corrected chi connectivity index (χ2v) is 3.59. The summed E-state index contributed by atoms with van der Waals surface area (Å²) in [6, 6.07) is 1.09. The van der Waals surface area contributed by atoms with Gasteiger partial charge in [0.05, 0.1) is 18.2 Å². The Bertz CT molecular complexity index is 437. The summed E-state index contributed by atoms with van der Waals surface area (Å²) >= 11 is 0. The number of anilines is 1. The number of methoxy groups -OCH3 is 1. The molecule has 0 saturated heterocycles. The van der Waals surface area contributed by atoms with Gasteiger partial charge in [-0.3, -0.25) is 4.79 Å². The number of hydrogen-bond donors (Lipinski definition) is 2. The quantitative estimate of drug-likeness (QED) is 0.788. The van der Waals surface area contributed by atoms with E-state index in [2.05, 4.69) is 5.32 Å². The van der Waals surface area contributed by atoms with Crippen molar-refractivity contribution < 1.29 is 22.7 Å². The molecule has 3 N–H and O–H groups in total. The number of rotatable bonds is 5. The molecule has 7 heteroatoms. The highest BCUT2D eigenvalue weighted by atomic mass is 19.2. The number of hydrogen-bond acceptors (Lipinski definition) is 3. The first-order chi connectivity index (χ1) is 8.47. The molecule has 0 fully saturated rings. The van der Waals surface area contributed by atoms with Gasteiger partial charge < -0.3 is 15.8 Å². The lowest BCUT2D eigenvalue weighted by atomic mass is 10.2. The predicted molar refractivity (Wildman–Crippen MR) is 59.4 cm³/mol. The Kier molecular flexibility index (Phi) is 5.11. The van der Waals surface area contributed by atoms with E-state index >= 15 is 0 Å². The lowest BCUT2D eigenvalue weighted by Gasteiger charge is -2.13. The molecule has 0 aliphatic rings. The Labute approximate surface area is 102 Å². The molecule has 1 atom stereocenters. The largest absolute Gasteiger partial charge is 0.380 e. The van der Waals surface area contributed by atoms with E-state index in [1.807, 2.05) is 0 Å². The number of amides is 1. The van der Waals surface area contributed by atoms with E-state index in [0.29, 0.717) is 12.1 Å². The minimum absolute atomic E-state index is 0.101. The normalized spacial score (nSPS) is 12.3. The van der Waals surface area contributed by atoms with Crippen LogP contribution in [0.4, 0.5) is 18.9 Å². The summed E-state index contributed by atoms with van der Waals surface area (Å²) in [6.07, 6.45) is -0.670. The average molecular weight is 262 g/mol. The predicted octanol–water partition coefficient (Wildman–Crippen LogP) is 1.41. The molecule has 18 heavy (non-hydrogen) atoms. The molecule has 1 rings (SSSR count). The minimum atomic E-state index is -1.37. The van der Waals surface area contributed by atoms with Crippen LogP contribution in [0.2, 0.25) is 0 Å². The van der Waals surface area contributed by atoms with Crippen molar-refractivity contribution in [2.45, 2.75) is 12.5 Å². The van der Waals surface area contributed by atoms with Crippen LogP contribution in [0.3, 0.4) is 0 Å². The van der Waals surface area contributed by atoms with Gasteiger partial charge in [-0.1, -0.05) is 0 Å². The molecule has 1 aromatic rings. The Balaban J connectivity index is 2.76. The summed E-state index contributed by atoms with van der Waals surface area (Å²) < 4.78 is 43.8. The van der Waals surface area contributed by atoms with Crippen LogP contribution in [0.1, 0.15) is 6.42 Å². The monoisotopic (exact) mass is 262 g/mol. The van der Waals surface area contributed by atoms with Crippen molar-refractivity contribution in [3.63, 3.8) is 0 Å². The molecule has 1 unspecified atom stereocenters. The lowest BCUT2D eigenvalue weighted by molar-refractivity contribution is -0.118. The molecule has 0 aromatic heterocycles. The number of nitrogens with one attached hydrogen (secondary N) is 1. The van der Waals surface area contributed by atoms with E-state index in [-0.39, 0.29) is 13.0 Å². The van der Waals surface area contributed by atoms with Crippen LogP contribution in [0.15, 0.2) is 12.1 Å². The molecule has 1 amide bonds. The summed E-state index contributed by atoms with van der Waals surface area (Å²) in [5.74, 6) is -4.30. The van der Waals surface area contributed by atoms with Gasteiger partial charge in [0.25, 0.3) is 0 Å². The highest BCUT2D eigenvalue weighted by molar-refractivity contribution is 5.91. The van der Waals surface area contributed by atoms with Gasteiger partial charge in [-0.15, -0.1) is 0 Å². The molecule has 0 saturated carbocycles. The Morgan fingerprint density at radius 1 is 1.44 bits per heavy atom. The van der Waals surface area contributed by atoms with Crippen LogP contribution in [-0.2, 0) is 9.53 Å². The third kappa shape index (κ3) is 3.71. The molecule has 0 aliphatic heterocycles. The summed E-state index contributed by atoms with van der Waals surface area (Å²) in [6.45, 7) is 0.101. The minimum Gasteiger partial charge on any atom is -0.380 e. The topological polar surface area (TPSA) is 64.3 Å². The van der Waals surface area contributed by atoms with Crippen molar-refractivity contribution in [2.75, 3.05) is 19.0 Å². The van der Waals surface area contributed by atoms with Gasteiger partial charge in [0.2, 0.25) is 5.91 Å². The van der Waals surface area contributed by atoms with E-state index in [0.717, 1.165) is 0 Å². The first-order valence-corrected chi connectivity index (χ1v) is 5.15. The zero-order chi connectivity index (χ0) is 13.7. The molecule has 0 aliphatic carbocycles. The van der Waals surface area contributed by atoms with Crippen LogP contribution in [0.25, 0.3) is 0 Å². The van der Waals surface area contributed by atoms with Gasteiger partial charge in [0.1, 0.15) is 5.82 Å². The molecular weight excluding hydrogens is 249 g/mol. The third-order valence-electron chi connectivity index (χ3n) is 2.28. The van der Waals surface area contributed by atoms with Gasteiger partial charge >= 0.3 is 0 Å². The maximum absolute atomic E-state index is 13.2. The number of benzene rings is 1. The molecule has 0 radical (unpaired) electrons. The van der Waals surface area contributed by atoms with Crippen molar-refractivity contribution in [2.24, 2.45) is 5.73 Å². The molecule has 100 valence electrons. The maximum Gasteiger partial charge on any atom is 0.227 e. The number of halogens is 3. The Morgan fingerprint density at radius 3 is 2.67 bits per heavy atom. The lowest BCUT2D eigenvalue weighted by Crippen LogP contribution is -2.28. The van der Waals surface area contributed by atoms with Gasteiger partial charge in [-0.25, -0.2) is 13.2 Å². The second kappa shape index (κ2) is 6.36. The SMILES string of the molecule is COC(CN)CC(=O)Nc1cc(F)cc(F)c1F. The molecular formula is C11H13F3N2O2. The van der Waals surface area contributed by atoms with E-state index in [9.17, 15) is 18.0 Å². The molecule has 4 nitrogen and oxygen atoms in total. The molecule has 1 aromatic carbocycles. The van der Waals surface area contributed by atoms with Crippen molar-refractivity contribution in [1.82, 2.24) is 0 Å². The van der Waals surface area contributed by atoms with Crippen molar-refractivity contribution >= 4 is 11.6 Å². The van der Waals surface area contributed by atoms with Gasteiger partial charge in [0.15, 0.2) is 11.6 Å². The molecule has 0 spiro atoms. The first kappa shape index (κ1) is 14.5. The van der Waals surface area contributed by atoms with Gasteiger partial charge in [-0.05, 0) is 0 Å². The average Bonchev–Trinajstić information content (AvgIpc) is 2.32. The van der Waals surface area contributed by atoms with Crippen LogP contribution in [0, 0.1) is 17.5 Å². The van der Waals surface area contributed by atoms with Crippen molar-refractivity contribution in [3.05, 3.63) is 29.6 Å². The van der Waals surface area contributed by atoms with Crippen LogP contribution in [0.5, 0.6) is 0 Å². The highest BCUT2D eigenvalue weighted by Gasteiger charge is 2.16. The third-order valence-corrected chi connectivity index (χ3v) is 2.28. The number of nitrogens with two attached hydrogens (primary N) is 1. The zero-order valence-corrected chi connectivity index (χ0v) is 9.67. The zero-order valence-electron chi connectivity index (χ0n) is 9.67. The molecule has 0 bridgehead atoms. The Morgan fingerprint density at radius 2 is 2.11 bits per heavy atom. The summed E-state index contributed by atoms with van der Waals surface area (Å²) in [7, 11) is 1.37. The van der Waals surface area contributed by atoms with E-state index < -0.39 is 35.2 Å². The molecule has 0 heterocycles. The fourth-order valence-electron chi connectivity index (χ4n) is 1.32. The van der Waals surface area contributed by atoms with E-state index in [1.165, 1.54) is 7.11 Å². The van der Waals surface area contributed by atoms with Gasteiger partial charge in [0, 0.05) is 25.8 Å². The highest BCUT2D eigenvalue weighted by Crippen LogP contribution is 2.19. The van der Waals surface area contributed by atoms with Crippen molar-refractivity contribution in [1.29, 1.82) is 0 Å².